The Bertz CT molecular complexity index is 725. The Kier molecular flexibility index (Phi) is 8.06. The van der Waals surface area contributed by atoms with Crippen molar-refractivity contribution in [2.24, 2.45) is 0 Å². The number of nitrogens with one attached hydrogen (secondary N) is 1. The average Bonchev–Trinajstić information content (AvgIpc) is 2.68. The standard InChI is InChI=1S/C21H28N2O3/c1-3-4-5-6-7-8-14-18(21(25)26-2)23-20(24)17-13-9-11-16-12-10-15-22-19(16)17/h9-13,15,18H,3-8,14H2,1-2H3,(H,23,24)/t18-/m1/s1. The molecule has 0 aliphatic carbocycles. The van der Waals surface area contributed by atoms with Gasteiger partial charge in [0.15, 0.2) is 0 Å². The monoisotopic (exact) mass is 356 g/mol. The summed E-state index contributed by atoms with van der Waals surface area (Å²) in [7, 11) is 1.35. The third-order valence-corrected chi connectivity index (χ3v) is 4.51. The van der Waals surface area contributed by atoms with E-state index in [1.165, 1.54) is 26.4 Å². The molecule has 1 N–H and O–H groups in total. The third kappa shape index (κ3) is 5.55. The van der Waals surface area contributed by atoms with Gasteiger partial charge in [-0.15, -0.1) is 0 Å². The first kappa shape index (κ1) is 19.9. The van der Waals surface area contributed by atoms with Crippen LogP contribution in [0.4, 0.5) is 0 Å². The molecule has 0 spiro atoms. The highest BCUT2D eigenvalue weighted by molar-refractivity contribution is 6.06. The van der Waals surface area contributed by atoms with Crippen molar-refractivity contribution in [1.29, 1.82) is 0 Å². The summed E-state index contributed by atoms with van der Waals surface area (Å²) in [6.45, 7) is 2.19. The van der Waals surface area contributed by atoms with Crippen molar-refractivity contribution in [3.63, 3.8) is 0 Å². The van der Waals surface area contributed by atoms with E-state index in [0.29, 0.717) is 17.5 Å². The maximum atomic E-state index is 12.7. The van der Waals surface area contributed by atoms with Crippen LogP contribution in [0, 0.1) is 0 Å². The molecule has 1 heterocycles. The van der Waals surface area contributed by atoms with Crippen LogP contribution < -0.4 is 5.32 Å². The molecule has 0 fully saturated rings. The van der Waals surface area contributed by atoms with Gasteiger partial charge in [-0.2, -0.15) is 0 Å². The molecule has 0 saturated carbocycles. The number of carbonyl (C=O) groups excluding carboxylic acids is 2. The SMILES string of the molecule is CCCCCCCC[C@@H](NC(=O)c1cccc2cccnc12)C(=O)OC. The predicted octanol–water partition coefficient (Wildman–Crippen LogP) is 4.26. The summed E-state index contributed by atoms with van der Waals surface area (Å²) < 4.78 is 4.86. The van der Waals surface area contributed by atoms with Crippen LogP contribution in [0.15, 0.2) is 36.5 Å². The van der Waals surface area contributed by atoms with Crippen LogP contribution in [-0.4, -0.2) is 30.0 Å². The summed E-state index contributed by atoms with van der Waals surface area (Å²) in [5.74, 6) is -0.698. The number of aromatic nitrogens is 1. The fraction of sp³-hybridized carbons (Fsp3) is 0.476. The zero-order chi connectivity index (χ0) is 18.8. The van der Waals surface area contributed by atoms with Crippen molar-refractivity contribution in [2.45, 2.75) is 57.9 Å². The van der Waals surface area contributed by atoms with Crippen LogP contribution in [0.25, 0.3) is 10.9 Å². The first-order chi connectivity index (χ1) is 12.7. The summed E-state index contributed by atoms with van der Waals surface area (Å²) in [6, 6.07) is 8.57. The van der Waals surface area contributed by atoms with Gasteiger partial charge in [-0.3, -0.25) is 9.78 Å². The highest BCUT2D eigenvalue weighted by atomic mass is 16.5. The van der Waals surface area contributed by atoms with E-state index in [1.54, 1.807) is 12.3 Å². The van der Waals surface area contributed by atoms with Gasteiger partial charge in [0.25, 0.3) is 5.91 Å². The maximum absolute atomic E-state index is 12.7. The zero-order valence-corrected chi connectivity index (χ0v) is 15.7. The van der Waals surface area contributed by atoms with Crippen molar-refractivity contribution < 1.29 is 14.3 Å². The van der Waals surface area contributed by atoms with Gasteiger partial charge in [0.05, 0.1) is 18.2 Å². The molecule has 0 bridgehead atoms. The van der Waals surface area contributed by atoms with Crippen molar-refractivity contribution in [2.75, 3.05) is 7.11 Å². The van der Waals surface area contributed by atoms with Crippen LogP contribution in [0.3, 0.4) is 0 Å². The Morgan fingerprint density at radius 3 is 2.58 bits per heavy atom. The molecular formula is C21H28N2O3. The van der Waals surface area contributed by atoms with Crippen molar-refractivity contribution >= 4 is 22.8 Å². The van der Waals surface area contributed by atoms with Crippen molar-refractivity contribution in [1.82, 2.24) is 10.3 Å². The number of hydrogen-bond donors (Lipinski definition) is 1. The molecule has 1 aromatic carbocycles. The fourth-order valence-corrected chi connectivity index (χ4v) is 3.04. The number of rotatable bonds is 10. The Morgan fingerprint density at radius 1 is 1.08 bits per heavy atom. The molecule has 2 aromatic rings. The van der Waals surface area contributed by atoms with Crippen LogP contribution in [0.2, 0.25) is 0 Å². The lowest BCUT2D eigenvalue weighted by molar-refractivity contribution is -0.143. The Balaban J connectivity index is 2.00. The van der Waals surface area contributed by atoms with Crippen molar-refractivity contribution in [3.8, 4) is 0 Å². The molecule has 0 aliphatic heterocycles. The third-order valence-electron chi connectivity index (χ3n) is 4.51. The largest absolute Gasteiger partial charge is 0.467 e. The number of benzene rings is 1. The predicted molar refractivity (Wildman–Crippen MR) is 103 cm³/mol. The number of nitrogens with zero attached hydrogens (tertiary/aromatic N) is 1. The average molecular weight is 356 g/mol. The minimum absolute atomic E-state index is 0.296. The van der Waals surface area contributed by atoms with E-state index in [0.717, 1.165) is 24.6 Å². The molecule has 1 atom stereocenters. The number of carbonyl (C=O) groups is 2. The van der Waals surface area contributed by atoms with E-state index >= 15 is 0 Å². The van der Waals surface area contributed by atoms with Crippen LogP contribution >= 0.6 is 0 Å². The van der Waals surface area contributed by atoms with Gasteiger partial charge in [0, 0.05) is 11.6 Å². The van der Waals surface area contributed by atoms with Gasteiger partial charge in [0.1, 0.15) is 6.04 Å². The number of fused-ring (bicyclic) bond motifs is 1. The summed E-state index contributed by atoms with van der Waals surface area (Å²) in [5.41, 5.74) is 1.11. The molecule has 5 heteroatoms. The second kappa shape index (κ2) is 10.5. The first-order valence-electron chi connectivity index (χ1n) is 9.39. The number of esters is 1. The van der Waals surface area contributed by atoms with E-state index in [9.17, 15) is 9.59 Å². The molecule has 5 nitrogen and oxygen atoms in total. The second-order valence-corrected chi connectivity index (χ2v) is 6.49. The zero-order valence-electron chi connectivity index (χ0n) is 15.7. The van der Waals surface area contributed by atoms with E-state index in [-0.39, 0.29) is 5.91 Å². The lowest BCUT2D eigenvalue weighted by Crippen LogP contribution is -2.41. The van der Waals surface area contributed by atoms with Crippen LogP contribution in [0.5, 0.6) is 0 Å². The fourth-order valence-electron chi connectivity index (χ4n) is 3.04. The number of ether oxygens (including phenoxy) is 1. The number of unbranched alkanes of at least 4 members (excludes halogenated alkanes) is 5. The van der Waals surface area contributed by atoms with E-state index < -0.39 is 12.0 Å². The molecule has 1 aromatic heterocycles. The molecule has 0 aliphatic rings. The minimum atomic E-state index is -0.627. The van der Waals surface area contributed by atoms with E-state index in [1.807, 2.05) is 24.3 Å². The number of hydrogen-bond acceptors (Lipinski definition) is 4. The Morgan fingerprint density at radius 2 is 1.81 bits per heavy atom. The van der Waals surface area contributed by atoms with E-state index in [2.05, 4.69) is 17.2 Å². The number of amides is 1. The van der Waals surface area contributed by atoms with Gasteiger partial charge in [-0.1, -0.05) is 63.6 Å². The highest BCUT2D eigenvalue weighted by Crippen LogP contribution is 2.17. The summed E-state index contributed by atoms with van der Waals surface area (Å²) in [5, 5.41) is 3.72. The van der Waals surface area contributed by atoms with E-state index in [4.69, 9.17) is 4.74 Å². The van der Waals surface area contributed by atoms with Crippen LogP contribution in [0.1, 0.15) is 62.2 Å². The molecule has 0 saturated heterocycles. The number of methoxy groups -OCH3 is 1. The normalized spacial score (nSPS) is 11.9. The molecule has 0 unspecified atom stereocenters. The van der Waals surface area contributed by atoms with Crippen molar-refractivity contribution in [3.05, 3.63) is 42.1 Å². The second-order valence-electron chi connectivity index (χ2n) is 6.49. The highest BCUT2D eigenvalue weighted by Gasteiger charge is 2.22. The molecule has 2 rings (SSSR count). The molecule has 1 amide bonds. The summed E-state index contributed by atoms with van der Waals surface area (Å²) in [6.07, 6.45) is 9.01. The topological polar surface area (TPSA) is 68.3 Å². The van der Waals surface area contributed by atoms with Gasteiger partial charge in [0.2, 0.25) is 0 Å². The molecule has 140 valence electrons. The van der Waals surface area contributed by atoms with Gasteiger partial charge in [-0.25, -0.2) is 4.79 Å². The maximum Gasteiger partial charge on any atom is 0.328 e. The lowest BCUT2D eigenvalue weighted by atomic mass is 10.0. The van der Waals surface area contributed by atoms with Gasteiger partial charge in [-0.05, 0) is 18.6 Å². The molecule has 26 heavy (non-hydrogen) atoms. The smallest absolute Gasteiger partial charge is 0.328 e. The van der Waals surface area contributed by atoms with Gasteiger partial charge < -0.3 is 10.1 Å². The summed E-state index contributed by atoms with van der Waals surface area (Å²) >= 11 is 0. The molecular weight excluding hydrogens is 328 g/mol. The Labute approximate surface area is 155 Å². The Hall–Kier alpha value is -2.43. The summed E-state index contributed by atoms with van der Waals surface area (Å²) in [4.78, 5) is 29.1. The van der Waals surface area contributed by atoms with Crippen LogP contribution in [-0.2, 0) is 9.53 Å². The number of pyridine rings is 1. The lowest BCUT2D eigenvalue weighted by Gasteiger charge is -2.17. The number of para-hydroxylation sites is 1. The first-order valence-corrected chi connectivity index (χ1v) is 9.39. The van der Waals surface area contributed by atoms with Gasteiger partial charge >= 0.3 is 5.97 Å². The molecule has 0 radical (unpaired) electrons. The quantitative estimate of drug-likeness (QED) is 0.510. The minimum Gasteiger partial charge on any atom is -0.467 e.